The zero-order chi connectivity index (χ0) is 14.1. The molecule has 0 unspecified atom stereocenters. The van der Waals surface area contributed by atoms with Crippen molar-refractivity contribution in [1.82, 2.24) is 30.0 Å². The SMILES string of the molecule is Cc1nn(C)c(-n2nnc(-c3ccccc3)n2)c1CN. The van der Waals surface area contributed by atoms with Gasteiger partial charge in [-0.05, 0) is 12.1 Å². The second-order valence-corrected chi connectivity index (χ2v) is 4.48. The van der Waals surface area contributed by atoms with Crippen molar-refractivity contribution in [1.29, 1.82) is 0 Å². The van der Waals surface area contributed by atoms with Gasteiger partial charge < -0.3 is 5.73 Å². The van der Waals surface area contributed by atoms with Gasteiger partial charge in [0.2, 0.25) is 5.82 Å². The fourth-order valence-electron chi connectivity index (χ4n) is 2.19. The van der Waals surface area contributed by atoms with Crippen LogP contribution in [-0.4, -0.2) is 30.0 Å². The monoisotopic (exact) mass is 269 g/mol. The number of nitrogens with zero attached hydrogens (tertiary/aromatic N) is 6. The fraction of sp³-hybridized carbons (Fsp3) is 0.231. The van der Waals surface area contributed by atoms with Crippen LogP contribution in [0, 0.1) is 6.92 Å². The first-order valence-corrected chi connectivity index (χ1v) is 6.29. The lowest BCUT2D eigenvalue weighted by Gasteiger charge is -2.01. The second kappa shape index (κ2) is 4.86. The van der Waals surface area contributed by atoms with Crippen molar-refractivity contribution in [2.75, 3.05) is 0 Å². The number of nitrogens with two attached hydrogens (primary N) is 1. The summed E-state index contributed by atoms with van der Waals surface area (Å²) in [6.45, 7) is 2.30. The lowest BCUT2D eigenvalue weighted by molar-refractivity contribution is 0.629. The summed E-state index contributed by atoms with van der Waals surface area (Å²) in [7, 11) is 1.84. The van der Waals surface area contributed by atoms with Crippen LogP contribution in [-0.2, 0) is 13.6 Å². The molecule has 0 saturated heterocycles. The Bertz CT molecular complexity index is 727. The van der Waals surface area contributed by atoms with Crippen LogP contribution in [0.25, 0.3) is 17.2 Å². The maximum absolute atomic E-state index is 5.78. The van der Waals surface area contributed by atoms with Crippen LogP contribution in [0.5, 0.6) is 0 Å². The van der Waals surface area contributed by atoms with Gasteiger partial charge in [-0.2, -0.15) is 5.10 Å². The van der Waals surface area contributed by atoms with E-state index in [-0.39, 0.29) is 0 Å². The maximum Gasteiger partial charge on any atom is 0.205 e. The molecular formula is C13H15N7. The molecule has 0 spiro atoms. The zero-order valence-electron chi connectivity index (χ0n) is 11.4. The molecule has 0 radical (unpaired) electrons. The van der Waals surface area contributed by atoms with E-state index in [1.54, 1.807) is 4.68 Å². The zero-order valence-corrected chi connectivity index (χ0v) is 11.4. The van der Waals surface area contributed by atoms with Crippen LogP contribution >= 0.6 is 0 Å². The molecule has 0 bridgehead atoms. The summed E-state index contributed by atoms with van der Waals surface area (Å²) in [5, 5.41) is 17.0. The minimum atomic E-state index is 0.386. The number of aryl methyl sites for hydroxylation is 2. The molecule has 0 aliphatic rings. The minimum absolute atomic E-state index is 0.386. The number of benzene rings is 1. The van der Waals surface area contributed by atoms with Crippen LogP contribution in [0.1, 0.15) is 11.3 Å². The molecule has 0 atom stereocenters. The van der Waals surface area contributed by atoms with Crippen LogP contribution in [0.3, 0.4) is 0 Å². The maximum atomic E-state index is 5.78. The standard InChI is InChI=1S/C13H15N7/c1-9-11(8-14)13(19(2)16-9)20-17-12(15-18-20)10-6-4-3-5-7-10/h3-7H,8,14H2,1-2H3. The highest BCUT2D eigenvalue weighted by Gasteiger charge is 2.17. The molecular weight excluding hydrogens is 254 g/mol. The first kappa shape index (κ1) is 12.5. The van der Waals surface area contributed by atoms with E-state index in [1.165, 1.54) is 4.80 Å². The Hall–Kier alpha value is -2.54. The summed E-state index contributed by atoms with van der Waals surface area (Å²) in [5.74, 6) is 1.33. The largest absolute Gasteiger partial charge is 0.326 e. The van der Waals surface area contributed by atoms with Gasteiger partial charge in [0, 0.05) is 24.7 Å². The molecule has 3 aromatic rings. The number of rotatable bonds is 3. The average molecular weight is 269 g/mol. The van der Waals surface area contributed by atoms with E-state index in [0.29, 0.717) is 12.4 Å². The van der Waals surface area contributed by atoms with Gasteiger partial charge in [-0.15, -0.1) is 15.0 Å². The molecule has 0 saturated carbocycles. The highest BCUT2D eigenvalue weighted by Crippen LogP contribution is 2.17. The van der Waals surface area contributed by atoms with E-state index in [1.807, 2.05) is 44.3 Å². The topological polar surface area (TPSA) is 87.4 Å². The van der Waals surface area contributed by atoms with Crippen molar-refractivity contribution in [3.05, 3.63) is 41.6 Å². The van der Waals surface area contributed by atoms with E-state index < -0.39 is 0 Å². The van der Waals surface area contributed by atoms with Gasteiger partial charge >= 0.3 is 0 Å². The first-order chi connectivity index (χ1) is 9.70. The lowest BCUT2D eigenvalue weighted by Crippen LogP contribution is -2.10. The predicted molar refractivity (Wildman–Crippen MR) is 74.0 cm³/mol. The Morgan fingerprint density at radius 3 is 2.60 bits per heavy atom. The minimum Gasteiger partial charge on any atom is -0.326 e. The third-order valence-electron chi connectivity index (χ3n) is 3.15. The number of hydrogen-bond donors (Lipinski definition) is 1. The van der Waals surface area contributed by atoms with Crippen LogP contribution < -0.4 is 5.73 Å². The molecule has 2 heterocycles. The molecule has 2 N–H and O–H groups in total. The van der Waals surface area contributed by atoms with Crippen molar-refractivity contribution in [2.24, 2.45) is 12.8 Å². The molecule has 7 heteroatoms. The van der Waals surface area contributed by atoms with Gasteiger partial charge in [0.25, 0.3) is 0 Å². The van der Waals surface area contributed by atoms with Gasteiger partial charge in [-0.1, -0.05) is 30.3 Å². The summed E-state index contributed by atoms with van der Waals surface area (Å²) in [4.78, 5) is 1.48. The highest BCUT2D eigenvalue weighted by molar-refractivity contribution is 5.53. The quantitative estimate of drug-likeness (QED) is 0.761. The van der Waals surface area contributed by atoms with Gasteiger partial charge in [0.05, 0.1) is 5.69 Å². The van der Waals surface area contributed by atoms with E-state index in [9.17, 15) is 0 Å². The molecule has 0 fully saturated rings. The Morgan fingerprint density at radius 2 is 1.90 bits per heavy atom. The second-order valence-electron chi connectivity index (χ2n) is 4.48. The van der Waals surface area contributed by atoms with E-state index in [0.717, 1.165) is 22.6 Å². The van der Waals surface area contributed by atoms with Crippen molar-refractivity contribution in [3.8, 4) is 17.2 Å². The van der Waals surface area contributed by atoms with Crippen molar-refractivity contribution in [2.45, 2.75) is 13.5 Å². The Balaban J connectivity index is 2.07. The highest BCUT2D eigenvalue weighted by atomic mass is 15.6. The summed E-state index contributed by atoms with van der Waals surface area (Å²) in [6, 6.07) is 9.72. The summed E-state index contributed by atoms with van der Waals surface area (Å²) < 4.78 is 1.72. The fourth-order valence-corrected chi connectivity index (χ4v) is 2.19. The van der Waals surface area contributed by atoms with Crippen LogP contribution in [0.4, 0.5) is 0 Å². The molecule has 3 rings (SSSR count). The van der Waals surface area contributed by atoms with Gasteiger partial charge in [-0.25, -0.2) is 4.68 Å². The average Bonchev–Trinajstić information content (AvgIpc) is 3.03. The van der Waals surface area contributed by atoms with Crippen molar-refractivity contribution in [3.63, 3.8) is 0 Å². The third kappa shape index (κ3) is 1.97. The van der Waals surface area contributed by atoms with E-state index >= 15 is 0 Å². The van der Waals surface area contributed by atoms with Gasteiger partial charge in [0.1, 0.15) is 0 Å². The number of hydrogen-bond acceptors (Lipinski definition) is 5. The molecule has 0 aliphatic carbocycles. The molecule has 7 nitrogen and oxygen atoms in total. The van der Waals surface area contributed by atoms with Gasteiger partial charge in [-0.3, -0.25) is 0 Å². The molecule has 1 aromatic carbocycles. The summed E-state index contributed by atoms with van der Waals surface area (Å²) in [6.07, 6.45) is 0. The van der Waals surface area contributed by atoms with Crippen LogP contribution in [0.15, 0.2) is 30.3 Å². The molecule has 102 valence electrons. The van der Waals surface area contributed by atoms with Crippen molar-refractivity contribution >= 4 is 0 Å². The molecule has 2 aromatic heterocycles. The smallest absolute Gasteiger partial charge is 0.205 e. The Morgan fingerprint density at radius 1 is 1.15 bits per heavy atom. The summed E-state index contributed by atoms with van der Waals surface area (Å²) >= 11 is 0. The summed E-state index contributed by atoms with van der Waals surface area (Å²) in [5.41, 5.74) is 8.50. The number of tetrazole rings is 1. The van der Waals surface area contributed by atoms with Crippen molar-refractivity contribution < 1.29 is 0 Å². The van der Waals surface area contributed by atoms with Crippen LogP contribution in [0.2, 0.25) is 0 Å². The van der Waals surface area contributed by atoms with E-state index in [4.69, 9.17) is 5.73 Å². The molecule has 20 heavy (non-hydrogen) atoms. The lowest BCUT2D eigenvalue weighted by atomic mass is 10.2. The molecule has 0 aliphatic heterocycles. The third-order valence-corrected chi connectivity index (χ3v) is 3.15. The number of aromatic nitrogens is 6. The van der Waals surface area contributed by atoms with Gasteiger partial charge in [0.15, 0.2) is 5.82 Å². The predicted octanol–water partition coefficient (Wildman–Crippen LogP) is 0.830. The molecule has 0 amide bonds. The Kier molecular flexibility index (Phi) is 3.03. The first-order valence-electron chi connectivity index (χ1n) is 6.29. The Labute approximate surface area is 116 Å². The normalized spacial score (nSPS) is 10.9. The van der Waals surface area contributed by atoms with E-state index in [2.05, 4.69) is 20.5 Å².